The molecule has 3 N–H and O–H groups in total. The summed E-state index contributed by atoms with van der Waals surface area (Å²) >= 11 is 0. The van der Waals surface area contributed by atoms with Crippen LogP contribution in [0.25, 0.3) is 0 Å². The molecular weight excluding hydrogens is 298 g/mol. The van der Waals surface area contributed by atoms with Gasteiger partial charge in [-0.15, -0.1) is 0 Å². The fourth-order valence-electron chi connectivity index (χ4n) is 1.17. The molecule has 0 saturated heterocycles. The minimum Gasteiger partial charge on any atom is -0.480 e. The van der Waals surface area contributed by atoms with Crippen molar-refractivity contribution in [3.63, 3.8) is 0 Å². The smallest absolute Gasteiger partial charge is 0.322 e. The summed E-state index contributed by atoms with van der Waals surface area (Å²) in [7, 11) is -4.34. The van der Waals surface area contributed by atoms with Gasteiger partial charge in [0.1, 0.15) is 23.1 Å². The van der Waals surface area contributed by atoms with Crippen LogP contribution in [0.3, 0.4) is 0 Å². The first-order valence-electron chi connectivity index (χ1n) is 5.15. The number of benzene rings is 1. The third-order valence-electron chi connectivity index (χ3n) is 2.04. The van der Waals surface area contributed by atoms with Crippen LogP contribution in [0.4, 0.5) is 8.78 Å². The fraction of sp³-hybridized carbons (Fsp3) is 0.200. The Hall–Kier alpha value is -2.07. The van der Waals surface area contributed by atoms with Gasteiger partial charge in [0.2, 0.25) is 15.9 Å². The van der Waals surface area contributed by atoms with E-state index in [0.29, 0.717) is 12.1 Å². The quantitative estimate of drug-likeness (QED) is 0.652. The van der Waals surface area contributed by atoms with E-state index in [2.05, 4.69) is 0 Å². The molecule has 7 nitrogen and oxygen atoms in total. The maximum Gasteiger partial charge on any atom is 0.322 e. The van der Waals surface area contributed by atoms with Crippen LogP contribution in [-0.2, 0) is 19.6 Å². The number of rotatable bonds is 6. The number of carbonyl (C=O) groups excluding carboxylic acids is 1. The summed E-state index contributed by atoms with van der Waals surface area (Å²) in [6.45, 7) is -1.45. The van der Waals surface area contributed by atoms with Crippen molar-refractivity contribution in [2.24, 2.45) is 0 Å². The fourth-order valence-corrected chi connectivity index (χ4v) is 2.21. The Balaban J connectivity index is 2.71. The first kappa shape index (κ1) is 16.0. The number of sulfonamides is 1. The van der Waals surface area contributed by atoms with Crippen molar-refractivity contribution in [3.05, 3.63) is 29.8 Å². The van der Waals surface area contributed by atoms with E-state index in [-0.39, 0.29) is 0 Å². The zero-order chi connectivity index (χ0) is 15.3. The maximum absolute atomic E-state index is 13.3. The minimum atomic E-state index is -4.34. The van der Waals surface area contributed by atoms with Crippen LogP contribution in [0.2, 0.25) is 0 Å². The molecule has 0 heterocycles. The summed E-state index contributed by atoms with van der Waals surface area (Å²) < 4.78 is 51.0. The summed E-state index contributed by atoms with van der Waals surface area (Å²) in [4.78, 5) is 20.5. The van der Waals surface area contributed by atoms with Crippen molar-refractivity contribution >= 4 is 21.9 Å². The number of halogens is 2. The molecule has 0 spiro atoms. The van der Waals surface area contributed by atoms with Gasteiger partial charge in [0.05, 0.1) is 6.54 Å². The summed E-state index contributed by atoms with van der Waals surface area (Å²) in [5.41, 5.74) is 0. The van der Waals surface area contributed by atoms with E-state index in [1.807, 2.05) is 5.32 Å². The lowest BCUT2D eigenvalue weighted by Gasteiger charge is -2.07. The predicted octanol–water partition coefficient (Wildman–Crippen LogP) is -0.556. The second-order valence-corrected chi connectivity index (χ2v) is 5.31. The van der Waals surface area contributed by atoms with Gasteiger partial charge in [-0.3, -0.25) is 9.59 Å². The molecule has 0 aromatic heterocycles. The zero-order valence-electron chi connectivity index (χ0n) is 9.89. The van der Waals surface area contributed by atoms with E-state index < -0.39 is 51.5 Å². The first-order valence-corrected chi connectivity index (χ1v) is 6.64. The molecule has 0 aliphatic heterocycles. The Morgan fingerprint density at radius 2 is 1.85 bits per heavy atom. The van der Waals surface area contributed by atoms with Crippen LogP contribution >= 0.6 is 0 Å². The van der Waals surface area contributed by atoms with Crippen LogP contribution < -0.4 is 10.0 Å². The number of carbonyl (C=O) groups is 2. The second-order valence-electron chi connectivity index (χ2n) is 3.57. The lowest BCUT2D eigenvalue weighted by molar-refractivity contribution is -0.137. The third kappa shape index (κ3) is 4.55. The van der Waals surface area contributed by atoms with Crippen molar-refractivity contribution in [3.8, 4) is 0 Å². The van der Waals surface area contributed by atoms with Crippen LogP contribution in [0.15, 0.2) is 23.1 Å². The second kappa shape index (κ2) is 6.39. The Kier molecular flexibility index (Phi) is 5.11. The topological polar surface area (TPSA) is 113 Å². The number of carboxylic acid groups (broad SMARTS) is 1. The summed E-state index contributed by atoms with van der Waals surface area (Å²) in [5, 5.41) is 10.2. The van der Waals surface area contributed by atoms with Crippen LogP contribution in [-0.4, -0.2) is 38.5 Å². The highest BCUT2D eigenvalue weighted by Gasteiger charge is 2.20. The molecule has 0 aliphatic carbocycles. The monoisotopic (exact) mass is 308 g/mol. The summed E-state index contributed by atoms with van der Waals surface area (Å²) in [5.74, 6) is -4.45. The third-order valence-corrected chi connectivity index (χ3v) is 3.48. The van der Waals surface area contributed by atoms with Gasteiger partial charge in [0.15, 0.2) is 0 Å². The number of hydrogen-bond donors (Lipinski definition) is 3. The Labute approximate surface area is 112 Å². The van der Waals surface area contributed by atoms with Gasteiger partial charge >= 0.3 is 5.97 Å². The number of hydrogen-bond acceptors (Lipinski definition) is 4. The molecular formula is C10H10F2N2O5S. The van der Waals surface area contributed by atoms with Crippen LogP contribution in [0.1, 0.15) is 0 Å². The van der Waals surface area contributed by atoms with E-state index in [0.717, 1.165) is 6.07 Å². The summed E-state index contributed by atoms with van der Waals surface area (Å²) in [6, 6.07) is 1.85. The zero-order valence-corrected chi connectivity index (χ0v) is 10.7. The average Bonchev–Trinajstić information content (AvgIpc) is 2.33. The molecule has 1 aromatic carbocycles. The van der Waals surface area contributed by atoms with Crippen molar-refractivity contribution in [2.75, 3.05) is 13.1 Å². The number of aliphatic carboxylic acids is 1. The maximum atomic E-state index is 13.3. The molecule has 0 fully saturated rings. The Morgan fingerprint density at radius 1 is 1.20 bits per heavy atom. The van der Waals surface area contributed by atoms with Crippen molar-refractivity contribution < 1.29 is 31.9 Å². The van der Waals surface area contributed by atoms with Crippen LogP contribution in [0, 0.1) is 11.6 Å². The van der Waals surface area contributed by atoms with Crippen molar-refractivity contribution in [1.29, 1.82) is 0 Å². The Bertz CT molecular complexity index is 633. The number of carboxylic acids is 1. The largest absolute Gasteiger partial charge is 0.480 e. The van der Waals surface area contributed by atoms with Gasteiger partial charge in [0.25, 0.3) is 0 Å². The number of amides is 1. The summed E-state index contributed by atoms with van der Waals surface area (Å²) in [6.07, 6.45) is 0. The molecule has 1 aromatic rings. The van der Waals surface area contributed by atoms with Gasteiger partial charge < -0.3 is 10.4 Å². The van der Waals surface area contributed by atoms with E-state index >= 15 is 0 Å². The lowest BCUT2D eigenvalue weighted by Crippen LogP contribution is -2.39. The standard InChI is InChI=1S/C10H10F2N2O5S/c11-6-1-2-8(7(12)3-6)20(18,19)14-4-9(15)13-5-10(16)17/h1-3,14H,4-5H2,(H,13,15)(H,16,17). The molecule has 0 atom stereocenters. The molecule has 110 valence electrons. The highest BCUT2D eigenvalue weighted by atomic mass is 32.2. The molecule has 0 radical (unpaired) electrons. The van der Waals surface area contributed by atoms with Crippen molar-refractivity contribution in [1.82, 2.24) is 10.0 Å². The van der Waals surface area contributed by atoms with Crippen molar-refractivity contribution in [2.45, 2.75) is 4.90 Å². The molecule has 0 aliphatic rings. The van der Waals surface area contributed by atoms with Gasteiger partial charge in [-0.1, -0.05) is 0 Å². The SMILES string of the molecule is O=C(O)CNC(=O)CNS(=O)(=O)c1ccc(F)cc1F. The Morgan fingerprint density at radius 3 is 2.40 bits per heavy atom. The van der Waals surface area contributed by atoms with Gasteiger partial charge in [-0.05, 0) is 12.1 Å². The van der Waals surface area contributed by atoms with Gasteiger partial charge in [-0.25, -0.2) is 21.9 Å². The first-order chi connectivity index (χ1) is 9.22. The molecule has 0 saturated carbocycles. The molecule has 1 amide bonds. The highest BCUT2D eigenvalue weighted by molar-refractivity contribution is 7.89. The van der Waals surface area contributed by atoms with Gasteiger partial charge in [-0.2, -0.15) is 0 Å². The van der Waals surface area contributed by atoms with E-state index in [4.69, 9.17) is 5.11 Å². The molecule has 1 rings (SSSR count). The molecule has 0 unspecified atom stereocenters. The van der Waals surface area contributed by atoms with Gasteiger partial charge in [0, 0.05) is 6.07 Å². The van der Waals surface area contributed by atoms with E-state index in [1.54, 1.807) is 4.72 Å². The molecule has 0 bridgehead atoms. The number of nitrogens with one attached hydrogen (secondary N) is 2. The van der Waals surface area contributed by atoms with E-state index in [1.165, 1.54) is 0 Å². The molecule has 10 heteroatoms. The predicted molar refractivity (Wildman–Crippen MR) is 62.2 cm³/mol. The average molecular weight is 308 g/mol. The molecule has 20 heavy (non-hydrogen) atoms. The van der Waals surface area contributed by atoms with E-state index in [9.17, 15) is 26.8 Å². The normalized spacial score (nSPS) is 11.1. The minimum absolute atomic E-state index is 0.388. The van der Waals surface area contributed by atoms with Crippen LogP contribution in [0.5, 0.6) is 0 Å². The highest BCUT2D eigenvalue weighted by Crippen LogP contribution is 2.14. The lowest BCUT2D eigenvalue weighted by atomic mass is 10.3.